The molecule has 1 atom stereocenters. The zero-order chi connectivity index (χ0) is 10.0. The molecule has 1 fully saturated rings. The molecule has 0 spiro atoms. The molecule has 0 unspecified atom stereocenters. The maximum absolute atomic E-state index is 11.3. The van der Waals surface area contributed by atoms with Crippen LogP contribution in [0.3, 0.4) is 0 Å². The van der Waals surface area contributed by atoms with Crippen LogP contribution in [0.5, 0.6) is 0 Å². The highest BCUT2D eigenvalue weighted by molar-refractivity contribution is 7.81. The Bertz CT molecular complexity index is 228. The Morgan fingerprint density at radius 2 is 2.00 bits per heavy atom. The smallest absolute Gasteiger partial charge is 0.301 e. The predicted octanol–water partition coefficient (Wildman–Crippen LogP) is 0.983. The topological polar surface area (TPSA) is 49.4 Å². The van der Waals surface area contributed by atoms with Crippen molar-refractivity contribution in [1.29, 1.82) is 0 Å². The summed E-state index contributed by atoms with van der Waals surface area (Å²) in [5.41, 5.74) is 0. The summed E-state index contributed by atoms with van der Waals surface area (Å²) in [4.78, 5) is 23.9. The molecule has 4 nitrogen and oxygen atoms in total. The van der Waals surface area contributed by atoms with Gasteiger partial charge in [0.25, 0.3) is 5.91 Å². The monoisotopic (exact) mass is 202 g/mol. The first-order valence-corrected chi connectivity index (χ1v) is 4.94. The van der Waals surface area contributed by atoms with Gasteiger partial charge in [0, 0.05) is 6.04 Å². The summed E-state index contributed by atoms with van der Waals surface area (Å²) in [6.07, 6.45) is 1.68. The van der Waals surface area contributed by atoms with Crippen molar-refractivity contribution in [3.8, 4) is 0 Å². The normalized spacial score (nSPS) is 22.8. The molecule has 0 aromatic carbocycles. The first kappa shape index (κ1) is 10.4. The van der Waals surface area contributed by atoms with Crippen molar-refractivity contribution in [2.24, 2.45) is 0 Å². The molecule has 13 heavy (non-hydrogen) atoms. The van der Waals surface area contributed by atoms with E-state index in [1.807, 2.05) is 13.8 Å². The lowest BCUT2D eigenvalue weighted by Gasteiger charge is -2.26. The Morgan fingerprint density at radius 3 is 2.31 bits per heavy atom. The van der Waals surface area contributed by atoms with E-state index in [0.29, 0.717) is 0 Å². The molecule has 1 aliphatic rings. The van der Waals surface area contributed by atoms with E-state index in [0.717, 1.165) is 12.8 Å². The van der Waals surface area contributed by atoms with Gasteiger partial charge in [-0.2, -0.15) is 0 Å². The highest BCUT2D eigenvalue weighted by Gasteiger charge is 2.38. The third kappa shape index (κ3) is 1.80. The van der Waals surface area contributed by atoms with Crippen LogP contribution in [-0.4, -0.2) is 28.3 Å². The van der Waals surface area contributed by atoms with E-state index >= 15 is 0 Å². The van der Waals surface area contributed by atoms with Crippen molar-refractivity contribution in [1.82, 2.24) is 10.2 Å². The number of nitrogens with one attached hydrogen (secondary N) is 1. The summed E-state index contributed by atoms with van der Waals surface area (Å²) in [6.45, 7) is 3.98. The van der Waals surface area contributed by atoms with Crippen molar-refractivity contribution in [2.45, 2.75) is 38.1 Å². The van der Waals surface area contributed by atoms with Crippen molar-refractivity contribution >= 4 is 24.6 Å². The maximum Gasteiger partial charge on any atom is 0.325 e. The second-order valence-electron chi connectivity index (χ2n) is 3.05. The van der Waals surface area contributed by atoms with Crippen molar-refractivity contribution in [2.75, 3.05) is 0 Å². The molecular weight excluding hydrogens is 188 g/mol. The van der Waals surface area contributed by atoms with Crippen LogP contribution in [-0.2, 0) is 4.79 Å². The van der Waals surface area contributed by atoms with Gasteiger partial charge in [-0.1, -0.05) is 13.8 Å². The summed E-state index contributed by atoms with van der Waals surface area (Å²) in [7, 11) is 0. The molecule has 1 heterocycles. The second-order valence-corrected chi connectivity index (χ2v) is 3.53. The number of urea groups is 1. The van der Waals surface area contributed by atoms with Crippen LogP contribution in [0.15, 0.2) is 0 Å². The molecule has 5 heteroatoms. The average Bonchev–Trinajstić information content (AvgIpc) is 2.34. The highest BCUT2D eigenvalue weighted by atomic mass is 32.1. The summed E-state index contributed by atoms with van der Waals surface area (Å²) in [5.74, 6) is -0.319. The first-order valence-electron chi connectivity index (χ1n) is 4.43. The van der Waals surface area contributed by atoms with Crippen LogP contribution in [0, 0.1) is 0 Å². The zero-order valence-electron chi connectivity index (χ0n) is 7.78. The molecular formula is C8H14N2O2S. The maximum atomic E-state index is 11.3. The lowest BCUT2D eigenvalue weighted by atomic mass is 10.1. The Kier molecular flexibility index (Phi) is 3.19. The van der Waals surface area contributed by atoms with Gasteiger partial charge in [-0.25, -0.2) is 4.79 Å². The number of hydrogen-bond acceptors (Lipinski definition) is 3. The zero-order valence-corrected chi connectivity index (χ0v) is 8.67. The van der Waals surface area contributed by atoms with E-state index in [4.69, 9.17) is 0 Å². The van der Waals surface area contributed by atoms with Crippen LogP contribution in [0.2, 0.25) is 0 Å². The van der Waals surface area contributed by atoms with Crippen LogP contribution in [0.4, 0.5) is 4.79 Å². The van der Waals surface area contributed by atoms with Gasteiger partial charge in [-0.3, -0.25) is 10.1 Å². The molecule has 0 radical (unpaired) electrons. The summed E-state index contributed by atoms with van der Waals surface area (Å²) in [5, 5.41) is 1.62. The third-order valence-corrected chi connectivity index (χ3v) is 2.78. The van der Waals surface area contributed by atoms with Gasteiger partial charge >= 0.3 is 6.03 Å². The van der Waals surface area contributed by atoms with Gasteiger partial charge in [0.15, 0.2) is 5.37 Å². The minimum Gasteiger partial charge on any atom is -0.301 e. The molecule has 1 N–H and O–H groups in total. The molecule has 0 saturated carbocycles. The molecule has 0 aromatic heterocycles. The number of rotatable bonds is 3. The van der Waals surface area contributed by atoms with Gasteiger partial charge in [0.2, 0.25) is 0 Å². The van der Waals surface area contributed by atoms with E-state index in [2.05, 4.69) is 17.9 Å². The second kappa shape index (κ2) is 4.00. The molecule has 0 aliphatic carbocycles. The van der Waals surface area contributed by atoms with E-state index in [-0.39, 0.29) is 18.0 Å². The Hall–Kier alpha value is -0.710. The fourth-order valence-electron chi connectivity index (χ4n) is 1.52. The van der Waals surface area contributed by atoms with Gasteiger partial charge in [0.05, 0.1) is 0 Å². The lowest BCUT2D eigenvalue weighted by molar-refractivity contribution is -0.119. The van der Waals surface area contributed by atoms with E-state index in [9.17, 15) is 9.59 Å². The predicted molar refractivity (Wildman–Crippen MR) is 52.5 cm³/mol. The number of carbonyl (C=O) groups excluding carboxylic acids is 2. The van der Waals surface area contributed by atoms with Gasteiger partial charge < -0.3 is 4.90 Å². The molecule has 0 aromatic rings. The van der Waals surface area contributed by atoms with Crippen LogP contribution in [0.1, 0.15) is 26.7 Å². The van der Waals surface area contributed by atoms with Gasteiger partial charge in [-0.05, 0) is 12.8 Å². The van der Waals surface area contributed by atoms with Gasteiger partial charge in [-0.15, -0.1) is 12.6 Å². The Morgan fingerprint density at radius 1 is 1.46 bits per heavy atom. The first-order chi connectivity index (χ1) is 6.11. The summed E-state index contributed by atoms with van der Waals surface area (Å²) >= 11 is 4.08. The van der Waals surface area contributed by atoms with Crippen molar-refractivity contribution in [3.05, 3.63) is 0 Å². The highest BCUT2D eigenvalue weighted by Crippen LogP contribution is 2.19. The fourth-order valence-corrected chi connectivity index (χ4v) is 1.88. The van der Waals surface area contributed by atoms with Crippen LogP contribution >= 0.6 is 12.6 Å². The molecule has 1 saturated heterocycles. The minimum absolute atomic E-state index is 0.106. The fraction of sp³-hybridized carbons (Fsp3) is 0.750. The van der Waals surface area contributed by atoms with E-state index in [1.54, 1.807) is 0 Å². The Balaban J connectivity index is 2.78. The van der Waals surface area contributed by atoms with E-state index < -0.39 is 5.37 Å². The van der Waals surface area contributed by atoms with Crippen LogP contribution < -0.4 is 5.32 Å². The largest absolute Gasteiger partial charge is 0.325 e. The number of imide groups is 1. The SMILES string of the molecule is CCC(CC)N1C(=O)NC(=O)[C@@H]1S. The number of carbonyl (C=O) groups is 2. The number of amides is 3. The number of hydrogen-bond donors (Lipinski definition) is 2. The average molecular weight is 202 g/mol. The van der Waals surface area contributed by atoms with Crippen LogP contribution in [0.25, 0.3) is 0 Å². The Labute approximate surface area is 83.1 Å². The summed E-state index contributed by atoms with van der Waals surface area (Å²) in [6, 6.07) is -0.215. The summed E-state index contributed by atoms with van der Waals surface area (Å²) < 4.78 is 0. The third-order valence-electron chi connectivity index (χ3n) is 2.30. The van der Waals surface area contributed by atoms with Crippen molar-refractivity contribution < 1.29 is 9.59 Å². The molecule has 1 rings (SSSR count). The van der Waals surface area contributed by atoms with E-state index in [1.165, 1.54) is 4.90 Å². The molecule has 3 amide bonds. The van der Waals surface area contributed by atoms with Gasteiger partial charge in [0.1, 0.15) is 0 Å². The molecule has 1 aliphatic heterocycles. The molecule has 74 valence electrons. The molecule has 0 bridgehead atoms. The minimum atomic E-state index is -0.614. The standard InChI is InChI=1S/C8H14N2O2S/c1-3-5(4-2)10-7(13)6(11)9-8(10)12/h5,7,13H,3-4H2,1-2H3,(H,9,11,12)/t7-/m0/s1. The lowest BCUT2D eigenvalue weighted by Crippen LogP contribution is -2.40. The van der Waals surface area contributed by atoms with Crippen molar-refractivity contribution in [3.63, 3.8) is 0 Å². The number of nitrogens with zero attached hydrogens (tertiary/aromatic N) is 1. The number of thiol groups is 1. The quantitative estimate of drug-likeness (QED) is 0.529.